The number of halogens is 1. The highest BCUT2D eigenvalue weighted by Crippen LogP contribution is 2.32. The van der Waals surface area contributed by atoms with Crippen LogP contribution in [0, 0.1) is 0 Å². The van der Waals surface area contributed by atoms with Gasteiger partial charge in [-0.3, -0.25) is 4.79 Å². The van der Waals surface area contributed by atoms with E-state index >= 15 is 0 Å². The fourth-order valence-electron chi connectivity index (χ4n) is 2.60. The molecule has 7 heteroatoms. The first-order chi connectivity index (χ1) is 13.2. The van der Waals surface area contributed by atoms with Crippen molar-refractivity contribution in [1.82, 2.24) is 4.98 Å². The lowest BCUT2D eigenvalue weighted by Crippen LogP contribution is -2.14. The van der Waals surface area contributed by atoms with E-state index in [9.17, 15) is 4.79 Å². The average Bonchev–Trinajstić information content (AvgIpc) is 2.68. The molecule has 0 bridgehead atoms. The largest absolute Gasteiger partial charge is 0.490 e. The standard InChI is InChI=1S/C20H19BrN2O4/c21-15-7-8-17(22-13-15)20(25)23-16-5-1-3-14-4-2-6-18(19(14)16)27-12-11-26-10-9-24/h1-8,13,24H,9-12H2,(H,23,25). The summed E-state index contributed by atoms with van der Waals surface area (Å²) in [5.41, 5.74) is 0.972. The summed E-state index contributed by atoms with van der Waals surface area (Å²) in [7, 11) is 0. The number of benzene rings is 2. The average molecular weight is 431 g/mol. The van der Waals surface area contributed by atoms with Gasteiger partial charge in [-0.15, -0.1) is 0 Å². The Morgan fingerprint density at radius 2 is 1.89 bits per heavy atom. The van der Waals surface area contributed by atoms with E-state index in [4.69, 9.17) is 14.6 Å². The van der Waals surface area contributed by atoms with Crippen LogP contribution >= 0.6 is 15.9 Å². The predicted molar refractivity (Wildman–Crippen MR) is 107 cm³/mol. The van der Waals surface area contributed by atoms with Crippen molar-refractivity contribution >= 4 is 38.3 Å². The third-order valence-corrected chi connectivity index (χ3v) is 4.26. The number of nitrogens with zero attached hydrogens (tertiary/aromatic N) is 1. The van der Waals surface area contributed by atoms with E-state index in [0.717, 1.165) is 15.2 Å². The Morgan fingerprint density at radius 3 is 2.63 bits per heavy atom. The van der Waals surface area contributed by atoms with Gasteiger partial charge in [0.2, 0.25) is 0 Å². The van der Waals surface area contributed by atoms with Gasteiger partial charge in [0, 0.05) is 16.1 Å². The van der Waals surface area contributed by atoms with E-state index in [1.807, 2.05) is 36.4 Å². The Morgan fingerprint density at radius 1 is 1.07 bits per heavy atom. The van der Waals surface area contributed by atoms with Crippen molar-refractivity contribution in [3.63, 3.8) is 0 Å². The number of aliphatic hydroxyl groups is 1. The van der Waals surface area contributed by atoms with Crippen LogP contribution in [0.5, 0.6) is 5.75 Å². The van der Waals surface area contributed by atoms with Crippen LogP contribution in [0.2, 0.25) is 0 Å². The molecule has 0 aliphatic heterocycles. The molecule has 140 valence electrons. The van der Waals surface area contributed by atoms with E-state index in [-0.39, 0.29) is 19.1 Å². The van der Waals surface area contributed by atoms with Crippen molar-refractivity contribution in [1.29, 1.82) is 0 Å². The summed E-state index contributed by atoms with van der Waals surface area (Å²) in [6.45, 7) is 0.971. The van der Waals surface area contributed by atoms with Crippen LogP contribution in [-0.2, 0) is 4.74 Å². The van der Waals surface area contributed by atoms with Crippen LogP contribution in [0.3, 0.4) is 0 Å². The first-order valence-electron chi connectivity index (χ1n) is 8.45. The summed E-state index contributed by atoms with van der Waals surface area (Å²) in [4.78, 5) is 16.7. The number of pyridine rings is 1. The molecular formula is C20H19BrN2O4. The third kappa shape index (κ3) is 5.03. The zero-order valence-electron chi connectivity index (χ0n) is 14.5. The minimum atomic E-state index is -0.295. The fourth-order valence-corrected chi connectivity index (χ4v) is 2.84. The smallest absolute Gasteiger partial charge is 0.274 e. The van der Waals surface area contributed by atoms with Gasteiger partial charge in [0.15, 0.2) is 0 Å². The molecule has 0 saturated heterocycles. The van der Waals surface area contributed by atoms with Crippen LogP contribution in [0.1, 0.15) is 10.5 Å². The maximum atomic E-state index is 12.5. The molecule has 0 spiro atoms. The lowest BCUT2D eigenvalue weighted by atomic mass is 10.1. The zero-order valence-corrected chi connectivity index (χ0v) is 16.1. The highest BCUT2D eigenvalue weighted by molar-refractivity contribution is 9.10. The van der Waals surface area contributed by atoms with Crippen LogP contribution < -0.4 is 10.1 Å². The molecule has 1 heterocycles. The molecule has 0 atom stereocenters. The quantitative estimate of drug-likeness (QED) is 0.533. The molecule has 3 rings (SSSR count). The van der Waals surface area contributed by atoms with Gasteiger partial charge in [-0.2, -0.15) is 0 Å². The number of hydrogen-bond acceptors (Lipinski definition) is 5. The second kappa shape index (κ2) is 9.45. The summed E-state index contributed by atoms with van der Waals surface area (Å²) in [5, 5.41) is 13.4. The van der Waals surface area contributed by atoms with Gasteiger partial charge in [0.05, 0.1) is 25.5 Å². The number of fused-ring (bicyclic) bond motifs is 1. The normalized spacial score (nSPS) is 10.7. The van der Waals surface area contributed by atoms with Gasteiger partial charge in [0.1, 0.15) is 18.1 Å². The molecule has 6 nitrogen and oxygen atoms in total. The number of aromatic nitrogens is 1. The molecule has 0 unspecified atom stereocenters. The van der Waals surface area contributed by atoms with E-state index in [0.29, 0.717) is 30.3 Å². The van der Waals surface area contributed by atoms with Crippen molar-refractivity contribution < 1.29 is 19.4 Å². The van der Waals surface area contributed by atoms with Crippen molar-refractivity contribution in [3.8, 4) is 5.75 Å². The van der Waals surface area contributed by atoms with Crippen molar-refractivity contribution in [2.24, 2.45) is 0 Å². The molecule has 1 amide bonds. The number of carbonyl (C=O) groups is 1. The number of aliphatic hydroxyl groups excluding tert-OH is 1. The van der Waals surface area contributed by atoms with Gasteiger partial charge >= 0.3 is 0 Å². The lowest BCUT2D eigenvalue weighted by Gasteiger charge is -2.14. The summed E-state index contributed by atoms with van der Waals surface area (Å²) in [5.74, 6) is 0.357. The monoisotopic (exact) mass is 430 g/mol. The summed E-state index contributed by atoms with van der Waals surface area (Å²) in [6, 6.07) is 14.8. The first kappa shape index (κ1) is 19.3. The highest BCUT2D eigenvalue weighted by Gasteiger charge is 2.12. The van der Waals surface area contributed by atoms with Crippen molar-refractivity contribution in [2.45, 2.75) is 0 Å². The van der Waals surface area contributed by atoms with E-state index < -0.39 is 0 Å². The van der Waals surface area contributed by atoms with Crippen LogP contribution in [-0.4, -0.2) is 42.4 Å². The van der Waals surface area contributed by atoms with Gasteiger partial charge in [-0.05, 0) is 45.6 Å². The maximum Gasteiger partial charge on any atom is 0.274 e. The first-order valence-corrected chi connectivity index (χ1v) is 9.24. The van der Waals surface area contributed by atoms with E-state index in [1.54, 1.807) is 18.3 Å². The topological polar surface area (TPSA) is 80.7 Å². The molecule has 3 aromatic rings. The molecular weight excluding hydrogens is 412 g/mol. The van der Waals surface area contributed by atoms with Gasteiger partial charge in [-0.1, -0.05) is 24.3 Å². The van der Waals surface area contributed by atoms with Gasteiger partial charge in [0.25, 0.3) is 5.91 Å². The molecule has 1 aromatic heterocycles. The summed E-state index contributed by atoms with van der Waals surface area (Å²) in [6.07, 6.45) is 1.58. The molecule has 27 heavy (non-hydrogen) atoms. The Kier molecular flexibility index (Phi) is 6.75. The van der Waals surface area contributed by atoms with E-state index in [2.05, 4.69) is 26.2 Å². The Labute approximate surface area is 165 Å². The number of anilines is 1. The molecule has 2 N–H and O–H groups in total. The van der Waals surface area contributed by atoms with Gasteiger partial charge < -0.3 is 19.9 Å². The number of nitrogens with one attached hydrogen (secondary N) is 1. The highest BCUT2D eigenvalue weighted by atomic mass is 79.9. The van der Waals surface area contributed by atoms with E-state index in [1.165, 1.54) is 0 Å². The number of amides is 1. The van der Waals surface area contributed by atoms with Gasteiger partial charge in [-0.25, -0.2) is 4.98 Å². The molecule has 2 aromatic carbocycles. The number of carbonyl (C=O) groups excluding carboxylic acids is 1. The molecule has 0 radical (unpaired) electrons. The van der Waals surface area contributed by atoms with Crippen LogP contribution in [0.4, 0.5) is 5.69 Å². The second-order valence-electron chi connectivity index (χ2n) is 5.66. The fraction of sp³-hybridized carbons (Fsp3) is 0.200. The number of hydrogen-bond donors (Lipinski definition) is 2. The number of ether oxygens (including phenoxy) is 2. The lowest BCUT2D eigenvalue weighted by molar-refractivity contribution is 0.0708. The predicted octanol–water partition coefficient (Wildman–Crippen LogP) is 3.64. The Balaban J connectivity index is 1.82. The Hall–Kier alpha value is -2.48. The van der Waals surface area contributed by atoms with Crippen LogP contribution in [0.25, 0.3) is 10.8 Å². The molecule has 0 aliphatic rings. The molecule has 0 aliphatic carbocycles. The Bertz CT molecular complexity index is 910. The molecule has 0 saturated carbocycles. The summed E-state index contributed by atoms with van der Waals surface area (Å²) >= 11 is 3.31. The number of rotatable bonds is 8. The van der Waals surface area contributed by atoms with Crippen LogP contribution in [0.15, 0.2) is 59.2 Å². The molecule has 0 fully saturated rings. The maximum absolute atomic E-state index is 12.5. The zero-order chi connectivity index (χ0) is 19.1. The third-order valence-electron chi connectivity index (χ3n) is 3.80. The van der Waals surface area contributed by atoms with Crippen molar-refractivity contribution in [3.05, 3.63) is 64.9 Å². The minimum absolute atomic E-state index is 0.0193. The van der Waals surface area contributed by atoms with Crippen molar-refractivity contribution in [2.75, 3.05) is 31.7 Å². The minimum Gasteiger partial charge on any atom is -0.490 e. The summed E-state index contributed by atoms with van der Waals surface area (Å²) < 4.78 is 11.9. The SMILES string of the molecule is O=C(Nc1cccc2cccc(OCCOCCO)c12)c1ccc(Br)cn1. The second-order valence-corrected chi connectivity index (χ2v) is 6.58.